The first-order valence-electron chi connectivity index (χ1n) is 5.57. The maximum Gasteiger partial charge on any atom is 0.274 e. The molecule has 0 fully saturated rings. The van der Waals surface area contributed by atoms with Crippen LogP contribution in [0.1, 0.15) is 31.4 Å². The van der Waals surface area contributed by atoms with Crippen LogP contribution in [-0.2, 0) is 0 Å². The lowest BCUT2D eigenvalue weighted by Crippen LogP contribution is -2.20. The molecule has 1 aromatic carbocycles. The molecule has 17 heavy (non-hydrogen) atoms. The number of nitro groups is 1. The highest BCUT2D eigenvalue weighted by molar-refractivity contribution is 5.41. The second-order valence-corrected chi connectivity index (χ2v) is 3.80. The molecule has 0 aliphatic heterocycles. The fraction of sp³-hybridized carbons (Fsp3) is 0.385. The van der Waals surface area contributed by atoms with Crippen LogP contribution >= 0.6 is 0 Å². The largest absolute Gasteiger partial charge is 0.310 e. The third-order valence-electron chi connectivity index (χ3n) is 2.55. The Morgan fingerprint density at radius 1 is 1.53 bits per heavy atom. The van der Waals surface area contributed by atoms with Crippen molar-refractivity contribution in [3.63, 3.8) is 0 Å². The van der Waals surface area contributed by atoms with Crippen molar-refractivity contribution in [3.05, 3.63) is 39.9 Å². The number of rotatable bonds is 6. The van der Waals surface area contributed by atoms with E-state index in [-0.39, 0.29) is 16.7 Å². The van der Waals surface area contributed by atoms with Crippen molar-refractivity contribution in [2.24, 2.45) is 0 Å². The van der Waals surface area contributed by atoms with Gasteiger partial charge in [-0.15, -0.1) is 12.3 Å². The van der Waals surface area contributed by atoms with Gasteiger partial charge in [-0.2, -0.15) is 0 Å². The molecule has 1 aromatic rings. The number of nitro benzene ring substituents is 1. The third kappa shape index (κ3) is 3.89. The zero-order valence-electron chi connectivity index (χ0n) is 9.85. The number of terminal acetylenes is 1. The topological polar surface area (TPSA) is 55.2 Å². The zero-order chi connectivity index (χ0) is 12.7. The van der Waals surface area contributed by atoms with Gasteiger partial charge in [0.05, 0.1) is 4.92 Å². The first-order valence-corrected chi connectivity index (χ1v) is 5.57. The van der Waals surface area contributed by atoms with Crippen LogP contribution in [0.15, 0.2) is 24.3 Å². The summed E-state index contributed by atoms with van der Waals surface area (Å²) in [6, 6.07) is 6.73. The number of nitrogens with one attached hydrogen (secondary N) is 1. The lowest BCUT2D eigenvalue weighted by molar-refractivity contribution is -0.385. The van der Waals surface area contributed by atoms with Crippen LogP contribution in [0.5, 0.6) is 0 Å². The van der Waals surface area contributed by atoms with E-state index in [0.29, 0.717) is 5.56 Å². The minimum atomic E-state index is -0.352. The summed E-state index contributed by atoms with van der Waals surface area (Å²) in [6.07, 6.45) is 6.75. The van der Waals surface area contributed by atoms with Crippen LogP contribution in [0.2, 0.25) is 0 Å². The van der Waals surface area contributed by atoms with Crippen molar-refractivity contribution in [2.45, 2.75) is 25.8 Å². The summed E-state index contributed by atoms with van der Waals surface area (Å²) >= 11 is 0. The van der Waals surface area contributed by atoms with Gasteiger partial charge in [-0.3, -0.25) is 10.1 Å². The van der Waals surface area contributed by atoms with Crippen LogP contribution in [0.3, 0.4) is 0 Å². The van der Waals surface area contributed by atoms with Gasteiger partial charge in [-0.05, 0) is 19.9 Å². The highest BCUT2D eigenvalue weighted by atomic mass is 16.6. The van der Waals surface area contributed by atoms with Crippen molar-refractivity contribution >= 4 is 5.69 Å². The molecule has 90 valence electrons. The van der Waals surface area contributed by atoms with Gasteiger partial charge in [0, 0.05) is 24.1 Å². The summed E-state index contributed by atoms with van der Waals surface area (Å²) in [4.78, 5) is 10.5. The zero-order valence-corrected chi connectivity index (χ0v) is 9.85. The van der Waals surface area contributed by atoms with Crippen LogP contribution in [0.25, 0.3) is 0 Å². The van der Waals surface area contributed by atoms with E-state index < -0.39 is 0 Å². The van der Waals surface area contributed by atoms with E-state index in [1.165, 1.54) is 6.07 Å². The third-order valence-corrected chi connectivity index (χ3v) is 2.55. The molecular weight excluding hydrogens is 216 g/mol. The van der Waals surface area contributed by atoms with Gasteiger partial charge in [-0.25, -0.2) is 0 Å². The van der Waals surface area contributed by atoms with Gasteiger partial charge >= 0.3 is 0 Å². The Labute approximate surface area is 101 Å². The molecule has 0 radical (unpaired) electrons. The lowest BCUT2D eigenvalue weighted by atomic mass is 10.1. The van der Waals surface area contributed by atoms with E-state index in [0.717, 1.165) is 19.4 Å². The maximum atomic E-state index is 10.9. The van der Waals surface area contributed by atoms with Gasteiger partial charge < -0.3 is 5.32 Å². The number of para-hydroxylation sites is 1. The summed E-state index contributed by atoms with van der Waals surface area (Å²) in [6.45, 7) is 2.68. The van der Waals surface area contributed by atoms with E-state index in [1.807, 2.05) is 13.0 Å². The molecule has 1 rings (SSSR count). The summed E-state index contributed by atoms with van der Waals surface area (Å²) in [7, 11) is 0. The summed E-state index contributed by atoms with van der Waals surface area (Å²) < 4.78 is 0. The molecule has 1 atom stereocenters. The number of unbranched alkanes of at least 4 members (excludes halogenated alkanes) is 1. The molecule has 4 nitrogen and oxygen atoms in total. The van der Waals surface area contributed by atoms with Crippen LogP contribution in [-0.4, -0.2) is 11.5 Å². The van der Waals surface area contributed by atoms with Crippen LogP contribution < -0.4 is 5.32 Å². The van der Waals surface area contributed by atoms with Crippen LogP contribution in [0.4, 0.5) is 5.69 Å². The SMILES string of the molecule is C#CCCCNC(C)c1ccccc1[N+](=O)[O-]. The molecule has 0 aliphatic carbocycles. The van der Waals surface area contributed by atoms with Crippen molar-refractivity contribution in [2.75, 3.05) is 6.54 Å². The Hall–Kier alpha value is -1.86. The predicted molar refractivity (Wildman–Crippen MR) is 67.6 cm³/mol. The second kappa shape index (κ2) is 6.66. The fourth-order valence-electron chi connectivity index (χ4n) is 1.64. The molecular formula is C13H16N2O2. The normalized spacial score (nSPS) is 11.8. The van der Waals surface area contributed by atoms with E-state index in [1.54, 1.807) is 12.1 Å². The Bertz CT molecular complexity index is 424. The van der Waals surface area contributed by atoms with Crippen LogP contribution in [0, 0.1) is 22.5 Å². The van der Waals surface area contributed by atoms with Gasteiger partial charge in [0.1, 0.15) is 0 Å². The summed E-state index contributed by atoms with van der Waals surface area (Å²) in [5, 5.41) is 14.1. The molecule has 0 heterocycles. The van der Waals surface area contributed by atoms with E-state index >= 15 is 0 Å². The van der Waals surface area contributed by atoms with E-state index in [9.17, 15) is 10.1 Å². The van der Waals surface area contributed by atoms with E-state index in [2.05, 4.69) is 11.2 Å². The average Bonchev–Trinajstić information content (AvgIpc) is 2.34. The van der Waals surface area contributed by atoms with Gasteiger partial charge in [0.15, 0.2) is 0 Å². The first-order chi connectivity index (χ1) is 8.16. The van der Waals surface area contributed by atoms with Crippen molar-refractivity contribution in [1.82, 2.24) is 5.32 Å². The number of benzene rings is 1. The predicted octanol–water partition coefficient (Wildman–Crippen LogP) is 2.66. The Balaban J connectivity index is 2.65. The molecule has 1 unspecified atom stereocenters. The molecule has 0 spiro atoms. The lowest BCUT2D eigenvalue weighted by Gasteiger charge is -2.13. The average molecular weight is 232 g/mol. The monoisotopic (exact) mass is 232 g/mol. The fourth-order valence-corrected chi connectivity index (χ4v) is 1.64. The van der Waals surface area contributed by atoms with Crippen molar-refractivity contribution in [1.29, 1.82) is 0 Å². The summed E-state index contributed by atoms with van der Waals surface area (Å²) in [5.41, 5.74) is 0.864. The molecule has 0 saturated carbocycles. The molecule has 0 saturated heterocycles. The number of nitrogens with zero attached hydrogens (tertiary/aromatic N) is 1. The van der Waals surface area contributed by atoms with E-state index in [4.69, 9.17) is 6.42 Å². The highest BCUT2D eigenvalue weighted by Crippen LogP contribution is 2.24. The second-order valence-electron chi connectivity index (χ2n) is 3.80. The molecule has 1 N–H and O–H groups in total. The first kappa shape index (κ1) is 13.2. The maximum absolute atomic E-state index is 10.9. The smallest absolute Gasteiger partial charge is 0.274 e. The van der Waals surface area contributed by atoms with Crippen molar-refractivity contribution < 1.29 is 4.92 Å². The minimum absolute atomic E-state index is 0.0469. The number of hydrogen-bond donors (Lipinski definition) is 1. The van der Waals surface area contributed by atoms with Gasteiger partial charge in [0.25, 0.3) is 5.69 Å². The standard InChI is InChI=1S/C13H16N2O2/c1-3-4-7-10-14-11(2)12-8-5-6-9-13(12)15(16)17/h1,5-6,8-9,11,14H,4,7,10H2,2H3. The quantitative estimate of drug-likeness (QED) is 0.355. The summed E-state index contributed by atoms with van der Waals surface area (Å²) in [5.74, 6) is 2.56. The Morgan fingerprint density at radius 2 is 2.24 bits per heavy atom. The Morgan fingerprint density at radius 3 is 2.88 bits per heavy atom. The highest BCUT2D eigenvalue weighted by Gasteiger charge is 2.17. The Kier molecular flexibility index (Phi) is 5.18. The molecule has 0 bridgehead atoms. The number of hydrogen-bond acceptors (Lipinski definition) is 3. The minimum Gasteiger partial charge on any atom is -0.310 e. The van der Waals surface area contributed by atoms with Crippen molar-refractivity contribution in [3.8, 4) is 12.3 Å². The molecule has 0 aromatic heterocycles. The van der Waals surface area contributed by atoms with Gasteiger partial charge in [0.2, 0.25) is 0 Å². The molecule has 0 amide bonds. The van der Waals surface area contributed by atoms with Gasteiger partial charge in [-0.1, -0.05) is 18.2 Å². The molecule has 4 heteroatoms. The molecule has 0 aliphatic rings.